The molecule has 2 aliphatic rings. The third kappa shape index (κ3) is 5.13. The summed E-state index contributed by atoms with van der Waals surface area (Å²) in [5, 5.41) is 7.06. The molecule has 180 valence electrons. The molecule has 0 radical (unpaired) electrons. The number of halogens is 5. The molecule has 1 aromatic carbocycles. The summed E-state index contributed by atoms with van der Waals surface area (Å²) in [6.45, 7) is 1.21. The lowest BCUT2D eigenvalue weighted by molar-refractivity contribution is -0.0273. The quantitative estimate of drug-likeness (QED) is 0.642. The van der Waals surface area contributed by atoms with Crippen molar-refractivity contribution in [3.05, 3.63) is 46.5 Å². The number of anilines is 1. The maximum Gasteiger partial charge on any atom is 0.322 e. The van der Waals surface area contributed by atoms with Gasteiger partial charge in [-0.15, -0.1) is 0 Å². The van der Waals surface area contributed by atoms with Crippen LogP contribution in [0, 0.1) is 18.7 Å². The number of carbonyl (C=O) groups excluding carboxylic acids is 1. The van der Waals surface area contributed by atoms with Crippen molar-refractivity contribution in [2.45, 2.75) is 51.6 Å². The number of aryl methyl sites for hydroxylation is 1. The van der Waals surface area contributed by atoms with Gasteiger partial charge in [0.15, 0.2) is 0 Å². The van der Waals surface area contributed by atoms with Gasteiger partial charge in [0, 0.05) is 43.1 Å². The number of hydrogen-bond acceptors (Lipinski definition) is 3. The van der Waals surface area contributed by atoms with Gasteiger partial charge in [-0.1, -0.05) is 0 Å². The molecule has 11 heteroatoms. The molecule has 3 heterocycles. The standard InChI is InChI=1S/C22H25F5N4O2/c1-13-8-15(2-3-17(13)23)28-21(32)30-7-5-18-16(10-30)20-22(26,27)6-4-14(9-31(20)29-18)11-33-12-19(24)25/h2-3,8,14,19H,4-7,9-12H2,1H3,(H,28,32)/t14-/m0/s1. The summed E-state index contributed by atoms with van der Waals surface area (Å²) in [5.74, 6) is -3.91. The molecule has 2 aliphatic heterocycles. The Balaban J connectivity index is 1.50. The molecule has 1 aromatic heterocycles. The van der Waals surface area contributed by atoms with Crippen LogP contribution in [0.15, 0.2) is 18.2 Å². The van der Waals surface area contributed by atoms with Crippen LogP contribution < -0.4 is 5.32 Å². The molecule has 4 rings (SSSR count). The van der Waals surface area contributed by atoms with E-state index in [1.807, 2.05) is 0 Å². The summed E-state index contributed by atoms with van der Waals surface area (Å²) in [5.41, 5.74) is 1.41. The summed E-state index contributed by atoms with van der Waals surface area (Å²) >= 11 is 0. The molecular weight excluding hydrogens is 447 g/mol. The van der Waals surface area contributed by atoms with Gasteiger partial charge in [0.25, 0.3) is 12.3 Å². The van der Waals surface area contributed by atoms with Gasteiger partial charge < -0.3 is 15.0 Å². The average molecular weight is 472 g/mol. The smallest absolute Gasteiger partial charge is 0.322 e. The summed E-state index contributed by atoms with van der Waals surface area (Å²) < 4.78 is 74.6. The molecule has 0 unspecified atom stereocenters. The van der Waals surface area contributed by atoms with Gasteiger partial charge in [0.2, 0.25) is 0 Å². The number of nitrogens with zero attached hydrogens (tertiary/aromatic N) is 3. The monoisotopic (exact) mass is 472 g/mol. The van der Waals surface area contributed by atoms with Crippen molar-refractivity contribution in [2.75, 3.05) is 25.1 Å². The van der Waals surface area contributed by atoms with Crippen LogP contribution in [0.25, 0.3) is 0 Å². The number of rotatable bonds is 5. The predicted molar refractivity (Wildman–Crippen MR) is 110 cm³/mol. The molecule has 0 saturated heterocycles. The molecule has 0 fully saturated rings. The number of carbonyl (C=O) groups is 1. The van der Waals surface area contributed by atoms with Gasteiger partial charge >= 0.3 is 6.03 Å². The lowest BCUT2D eigenvalue weighted by Gasteiger charge is -2.28. The fraction of sp³-hybridized carbons (Fsp3) is 0.545. The normalized spacial score (nSPS) is 19.7. The number of alkyl halides is 4. The topological polar surface area (TPSA) is 59.4 Å². The second kappa shape index (κ2) is 9.28. The first-order valence-corrected chi connectivity index (χ1v) is 10.8. The van der Waals surface area contributed by atoms with Crippen molar-refractivity contribution in [2.24, 2.45) is 5.92 Å². The summed E-state index contributed by atoms with van der Waals surface area (Å²) in [6, 6.07) is 3.71. The predicted octanol–water partition coefficient (Wildman–Crippen LogP) is 4.70. The third-order valence-electron chi connectivity index (χ3n) is 6.04. The van der Waals surface area contributed by atoms with Gasteiger partial charge in [0.1, 0.15) is 18.1 Å². The zero-order valence-corrected chi connectivity index (χ0v) is 18.1. The molecule has 33 heavy (non-hydrogen) atoms. The highest BCUT2D eigenvalue weighted by Crippen LogP contribution is 2.41. The minimum absolute atomic E-state index is 0.0290. The van der Waals surface area contributed by atoms with Crippen molar-refractivity contribution in [1.29, 1.82) is 0 Å². The highest BCUT2D eigenvalue weighted by Gasteiger charge is 2.43. The van der Waals surface area contributed by atoms with Crippen LogP contribution in [0.4, 0.5) is 32.4 Å². The fourth-order valence-corrected chi connectivity index (χ4v) is 4.37. The number of fused-ring (bicyclic) bond motifs is 3. The van der Waals surface area contributed by atoms with Gasteiger partial charge in [-0.2, -0.15) is 13.9 Å². The van der Waals surface area contributed by atoms with E-state index in [9.17, 15) is 18.0 Å². The van der Waals surface area contributed by atoms with Gasteiger partial charge in [-0.05, 0) is 37.1 Å². The summed E-state index contributed by atoms with van der Waals surface area (Å²) in [6.07, 6.45) is -2.63. The van der Waals surface area contributed by atoms with Gasteiger partial charge in [0.05, 0.1) is 18.8 Å². The van der Waals surface area contributed by atoms with E-state index in [2.05, 4.69) is 10.4 Å². The van der Waals surface area contributed by atoms with E-state index >= 15 is 8.78 Å². The van der Waals surface area contributed by atoms with Gasteiger partial charge in [-0.3, -0.25) is 4.68 Å². The number of aromatic nitrogens is 2. The lowest BCUT2D eigenvalue weighted by Crippen LogP contribution is -2.39. The number of benzene rings is 1. The Morgan fingerprint density at radius 2 is 2.15 bits per heavy atom. The Labute approximate surface area is 187 Å². The molecule has 0 bridgehead atoms. The number of nitrogens with one attached hydrogen (secondary N) is 1. The third-order valence-corrected chi connectivity index (χ3v) is 6.04. The first-order valence-electron chi connectivity index (χ1n) is 10.8. The van der Waals surface area contributed by atoms with Crippen molar-refractivity contribution >= 4 is 11.7 Å². The van der Waals surface area contributed by atoms with Crippen LogP contribution in [0.2, 0.25) is 0 Å². The van der Waals surface area contributed by atoms with Gasteiger partial charge in [-0.25, -0.2) is 18.0 Å². The van der Waals surface area contributed by atoms with E-state index in [-0.39, 0.29) is 37.7 Å². The molecule has 1 N–H and O–H groups in total. The van der Waals surface area contributed by atoms with Crippen molar-refractivity contribution in [3.8, 4) is 0 Å². The van der Waals surface area contributed by atoms with Crippen LogP contribution in [-0.4, -0.2) is 46.9 Å². The average Bonchev–Trinajstić information content (AvgIpc) is 3.06. The number of hydrogen-bond donors (Lipinski definition) is 1. The first-order chi connectivity index (χ1) is 15.6. The Morgan fingerprint density at radius 3 is 2.88 bits per heavy atom. The Kier molecular flexibility index (Phi) is 6.60. The molecular formula is C22H25F5N4O2. The molecule has 6 nitrogen and oxygen atoms in total. The van der Waals surface area contributed by atoms with Crippen LogP contribution in [0.5, 0.6) is 0 Å². The van der Waals surface area contributed by atoms with Crippen molar-refractivity contribution in [1.82, 2.24) is 14.7 Å². The Bertz CT molecular complexity index is 1030. The zero-order chi connectivity index (χ0) is 23.8. The number of ether oxygens (including phenoxy) is 1. The Morgan fingerprint density at radius 1 is 1.36 bits per heavy atom. The van der Waals surface area contributed by atoms with Crippen LogP contribution >= 0.6 is 0 Å². The van der Waals surface area contributed by atoms with E-state index in [0.717, 1.165) is 0 Å². The minimum atomic E-state index is -3.16. The Hall–Kier alpha value is -2.69. The van der Waals surface area contributed by atoms with E-state index in [1.54, 1.807) is 6.92 Å². The lowest BCUT2D eigenvalue weighted by atomic mass is 9.98. The van der Waals surface area contributed by atoms with Crippen LogP contribution in [0.1, 0.15) is 35.4 Å². The molecule has 0 spiro atoms. The van der Waals surface area contributed by atoms with Crippen molar-refractivity contribution in [3.63, 3.8) is 0 Å². The maximum absolute atomic E-state index is 15.1. The summed E-state index contributed by atoms with van der Waals surface area (Å²) in [4.78, 5) is 14.2. The number of urea groups is 1. The maximum atomic E-state index is 15.1. The molecule has 1 atom stereocenters. The highest BCUT2D eigenvalue weighted by atomic mass is 19.3. The molecule has 2 aromatic rings. The first kappa shape index (κ1) is 23.5. The molecule has 2 amide bonds. The summed E-state index contributed by atoms with van der Waals surface area (Å²) in [7, 11) is 0. The fourth-order valence-electron chi connectivity index (χ4n) is 4.37. The second-order valence-corrected chi connectivity index (χ2v) is 8.56. The van der Waals surface area contributed by atoms with Crippen LogP contribution in [-0.2, 0) is 30.2 Å². The molecule has 0 aliphatic carbocycles. The van der Waals surface area contributed by atoms with Crippen LogP contribution in [0.3, 0.4) is 0 Å². The second-order valence-electron chi connectivity index (χ2n) is 8.56. The van der Waals surface area contributed by atoms with E-state index < -0.39 is 37.2 Å². The zero-order valence-electron chi connectivity index (χ0n) is 18.1. The van der Waals surface area contributed by atoms with E-state index in [1.165, 1.54) is 27.8 Å². The largest absolute Gasteiger partial charge is 0.375 e. The minimum Gasteiger partial charge on any atom is -0.375 e. The van der Waals surface area contributed by atoms with Crippen molar-refractivity contribution < 1.29 is 31.5 Å². The molecule has 0 saturated carbocycles. The van der Waals surface area contributed by atoms with E-state index in [0.29, 0.717) is 35.5 Å². The van der Waals surface area contributed by atoms with E-state index in [4.69, 9.17) is 4.74 Å². The number of amides is 2. The highest BCUT2D eigenvalue weighted by molar-refractivity contribution is 5.89. The SMILES string of the molecule is Cc1cc(NC(=O)N2CCc3nn4c(c3C2)C(F)(F)CC[C@H](COCC(F)F)C4)ccc1F.